The highest BCUT2D eigenvalue weighted by Crippen LogP contribution is 2.31. The topological polar surface area (TPSA) is 80.5 Å². The summed E-state index contributed by atoms with van der Waals surface area (Å²) in [5, 5.41) is 11.8. The highest BCUT2D eigenvalue weighted by Gasteiger charge is 2.17. The Morgan fingerprint density at radius 2 is 1.94 bits per heavy atom. The first-order chi connectivity index (χ1) is 15.2. The molecular weight excluding hydrogens is 436 g/mol. The molecule has 1 amide bonds. The zero-order valence-electron chi connectivity index (χ0n) is 16.9. The second kappa shape index (κ2) is 10.5. The predicted octanol–water partition coefficient (Wildman–Crippen LogP) is 5.02. The van der Waals surface area contributed by atoms with Gasteiger partial charge in [-0.15, -0.1) is 10.2 Å². The van der Waals surface area contributed by atoms with E-state index in [1.54, 1.807) is 6.07 Å². The number of carbonyl (C=O) groups is 1. The van der Waals surface area contributed by atoms with Crippen molar-refractivity contribution in [2.24, 2.45) is 0 Å². The van der Waals surface area contributed by atoms with Gasteiger partial charge in [-0.2, -0.15) is 0 Å². The molecular formula is C22H23ClN4O3S. The number of rotatable bonds is 8. The van der Waals surface area contributed by atoms with Crippen LogP contribution in [0.5, 0.6) is 5.75 Å². The molecule has 1 aromatic heterocycles. The number of piperidine rings is 1. The van der Waals surface area contributed by atoms with Crippen molar-refractivity contribution in [3.8, 4) is 5.75 Å². The quantitative estimate of drug-likeness (QED) is 0.474. The van der Waals surface area contributed by atoms with Crippen molar-refractivity contribution >= 4 is 40.6 Å². The lowest BCUT2D eigenvalue weighted by Crippen LogP contribution is -2.30. The Morgan fingerprint density at radius 1 is 1.13 bits per heavy atom. The zero-order valence-corrected chi connectivity index (χ0v) is 18.5. The number of ether oxygens (including phenoxy) is 1. The van der Waals surface area contributed by atoms with E-state index in [2.05, 4.69) is 20.4 Å². The highest BCUT2D eigenvalue weighted by molar-refractivity contribution is 7.99. The van der Waals surface area contributed by atoms with Crippen molar-refractivity contribution in [3.05, 3.63) is 59.4 Å². The van der Waals surface area contributed by atoms with Gasteiger partial charge in [-0.05, 0) is 49.6 Å². The fraction of sp³-hybridized carbons (Fsp3) is 0.318. The third-order valence-electron chi connectivity index (χ3n) is 4.81. The Balaban J connectivity index is 1.31. The summed E-state index contributed by atoms with van der Waals surface area (Å²) < 4.78 is 11.1. The number of thioether (sulfide) groups is 1. The molecule has 0 atom stereocenters. The van der Waals surface area contributed by atoms with Gasteiger partial charge in [-0.25, -0.2) is 0 Å². The summed E-state index contributed by atoms with van der Waals surface area (Å²) >= 11 is 7.35. The molecule has 0 unspecified atom stereocenters. The van der Waals surface area contributed by atoms with Crippen LogP contribution < -0.4 is 15.0 Å². The molecule has 0 saturated carbocycles. The van der Waals surface area contributed by atoms with E-state index < -0.39 is 0 Å². The third kappa shape index (κ3) is 6.15. The van der Waals surface area contributed by atoms with Crippen LogP contribution in [0.2, 0.25) is 5.02 Å². The molecule has 2 aromatic carbocycles. The molecule has 1 fully saturated rings. The van der Waals surface area contributed by atoms with Crippen molar-refractivity contribution in [2.75, 3.05) is 29.1 Å². The molecule has 2 heterocycles. The normalized spacial score (nSPS) is 13.8. The Bertz CT molecular complexity index is 1010. The highest BCUT2D eigenvalue weighted by atomic mass is 35.5. The van der Waals surface area contributed by atoms with E-state index in [0.717, 1.165) is 43.1 Å². The van der Waals surface area contributed by atoms with Crippen molar-refractivity contribution in [3.63, 3.8) is 0 Å². The van der Waals surface area contributed by atoms with Gasteiger partial charge in [-0.3, -0.25) is 4.79 Å². The van der Waals surface area contributed by atoms with E-state index in [0.29, 0.717) is 16.1 Å². The molecule has 0 bridgehead atoms. The van der Waals surface area contributed by atoms with Crippen molar-refractivity contribution in [2.45, 2.75) is 31.1 Å². The number of nitrogens with zero attached hydrogens (tertiary/aromatic N) is 3. The third-order valence-corrected chi connectivity index (χ3v) is 5.86. The van der Waals surface area contributed by atoms with Crippen LogP contribution in [-0.4, -0.2) is 34.9 Å². The number of nitrogens with one attached hydrogen (secondary N) is 1. The number of hydrogen-bond acceptors (Lipinski definition) is 7. The number of aromatic nitrogens is 2. The van der Waals surface area contributed by atoms with Crippen LogP contribution in [-0.2, 0) is 11.4 Å². The first kappa shape index (κ1) is 21.5. The smallest absolute Gasteiger partial charge is 0.277 e. The predicted molar refractivity (Wildman–Crippen MR) is 122 cm³/mol. The first-order valence-corrected chi connectivity index (χ1v) is 11.5. The Hall–Kier alpha value is -2.71. The van der Waals surface area contributed by atoms with Crippen LogP contribution in [0.3, 0.4) is 0 Å². The Kier molecular flexibility index (Phi) is 7.32. The van der Waals surface area contributed by atoms with Crippen molar-refractivity contribution in [1.29, 1.82) is 0 Å². The number of carbonyl (C=O) groups excluding carboxylic acids is 1. The average molecular weight is 459 g/mol. The SMILES string of the molecule is O=C(CSc1nnc(COc2ccccc2)o1)Nc1cc(Cl)ccc1N1CCCCC1. The Labute approximate surface area is 190 Å². The van der Waals surface area contributed by atoms with E-state index in [4.69, 9.17) is 20.8 Å². The van der Waals surface area contributed by atoms with Crippen LogP contribution in [0, 0.1) is 0 Å². The van der Waals surface area contributed by atoms with E-state index in [1.807, 2.05) is 42.5 Å². The van der Waals surface area contributed by atoms with Gasteiger partial charge in [0.15, 0.2) is 6.61 Å². The van der Waals surface area contributed by atoms with Gasteiger partial charge in [0, 0.05) is 18.1 Å². The van der Waals surface area contributed by atoms with Gasteiger partial charge < -0.3 is 19.4 Å². The molecule has 1 N–H and O–H groups in total. The molecule has 4 rings (SSSR count). The number of hydrogen-bond donors (Lipinski definition) is 1. The van der Waals surface area contributed by atoms with E-state index >= 15 is 0 Å². The molecule has 1 aliphatic rings. The molecule has 9 heteroatoms. The minimum Gasteiger partial charge on any atom is -0.484 e. The van der Waals surface area contributed by atoms with Gasteiger partial charge in [0.05, 0.1) is 17.1 Å². The standard InChI is InChI=1S/C22H23ClN4O3S/c23-16-9-10-19(27-11-5-2-6-12-27)18(13-16)24-20(28)15-31-22-26-25-21(30-22)14-29-17-7-3-1-4-8-17/h1,3-4,7-10,13H,2,5-6,11-12,14-15H2,(H,24,28). The molecule has 1 saturated heterocycles. The number of amides is 1. The lowest BCUT2D eigenvalue weighted by atomic mass is 10.1. The number of para-hydroxylation sites is 1. The minimum atomic E-state index is -0.161. The van der Waals surface area contributed by atoms with E-state index in [9.17, 15) is 4.79 Å². The lowest BCUT2D eigenvalue weighted by Gasteiger charge is -2.30. The lowest BCUT2D eigenvalue weighted by molar-refractivity contribution is -0.113. The van der Waals surface area contributed by atoms with Gasteiger partial charge >= 0.3 is 0 Å². The molecule has 31 heavy (non-hydrogen) atoms. The van der Waals surface area contributed by atoms with Crippen LogP contribution in [0.1, 0.15) is 25.2 Å². The molecule has 1 aliphatic heterocycles. The molecule has 0 spiro atoms. The molecule has 0 radical (unpaired) electrons. The minimum absolute atomic E-state index is 0.146. The van der Waals surface area contributed by atoms with Crippen LogP contribution >= 0.6 is 23.4 Å². The molecule has 7 nitrogen and oxygen atoms in total. The summed E-state index contributed by atoms with van der Waals surface area (Å²) in [6, 6.07) is 15.0. The summed E-state index contributed by atoms with van der Waals surface area (Å²) in [7, 11) is 0. The zero-order chi connectivity index (χ0) is 21.5. The second-order valence-electron chi connectivity index (χ2n) is 7.11. The molecule has 3 aromatic rings. The summed E-state index contributed by atoms with van der Waals surface area (Å²) in [5.74, 6) is 1.06. The Morgan fingerprint density at radius 3 is 2.74 bits per heavy atom. The maximum atomic E-state index is 12.5. The van der Waals surface area contributed by atoms with Crippen LogP contribution in [0.15, 0.2) is 58.2 Å². The first-order valence-electron chi connectivity index (χ1n) is 10.1. The molecule has 0 aliphatic carbocycles. The van der Waals surface area contributed by atoms with Crippen molar-refractivity contribution in [1.82, 2.24) is 10.2 Å². The van der Waals surface area contributed by atoms with Gasteiger partial charge in [0.25, 0.3) is 11.1 Å². The second-order valence-corrected chi connectivity index (χ2v) is 8.47. The van der Waals surface area contributed by atoms with Crippen LogP contribution in [0.4, 0.5) is 11.4 Å². The van der Waals surface area contributed by atoms with E-state index in [-0.39, 0.29) is 18.3 Å². The van der Waals surface area contributed by atoms with Gasteiger partial charge in [0.1, 0.15) is 5.75 Å². The summed E-state index contributed by atoms with van der Waals surface area (Å²) in [4.78, 5) is 14.8. The van der Waals surface area contributed by atoms with E-state index in [1.165, 1.54) is 18.2 Å². The molecule has 162 valence electrons. The van der Waals surface area contributed by atoms with Crippen LogP contribution in [0.25, 0.3) is 0 Å². The number of halogens is 1. The maximum absolute atomic E-state index is 12.5. The van der Waals surface area contributed by atoms with Gasteiger partial charge in [-0.1, -0.05) is 41.6 Å². The largest absolute Gasteiger partial charge is 0.484 e. The maximum Gasteiger partial charge on any atom is 0.277 e. The summed E-state index contributed by atoms with van der Waals surface area (Å²) in [5.41, 5.74) is 1.73. The number of benzene rings is 2. The summed E-state index contributed by atoms with van der Waals surface area (Å²) in [6.07, 6.45) is 3.55. The fourth-order valence-electron chi connectivity index (χ4n) is 3.35. The summed E-state index contributed by atoms with van der Waals surface area (Å²) in [6.45, 7) is 2.13. The monoisotopic (exact) mass is 458 g/mol. The van der Waals surface area contributed by atoms with Crippen molar-refractivity contribution < 1.29 is 13.9 Å². The number of anilines is 2. The average Bonchev–Trinajstić information content (AvgIpc) is 3.26. The van der Waals surface area contributed by atoms with Gasteiger partial charge in [0.2, 0.25) is 5.91 Å². The fourth-order valence-corrected chi connectivity index (χ4v) is 4.10.